The minimum absolute atomic E-state index is 0.702. The Morgan fingerprint density at radius 3 is 2.42 bits per heavy atom. The third kappa shape index (κ3) is 4.04. The molecule has 0 radical (unpaired) electrons. The van der Waals surface area contributed by atoms with Crippen molar-refractivity contribution in [3.63, 3.8) is 0 Å². The Kier molecular flexibility index (Phi) is 4.13. The minimum atomic E-state index is -1.77. The van der Waals surface area contributed by atoms with Gasteiger partial charge in [-0.2, -0.15) is 5.48 Å². The third-order valence-electron chi connectivity index (χ3n) is 0.737. The van der Waals surface area contributed by atoms with Crippen LogP contribution in [0, 0.1) is 0 Å². The Morgan fingerprint density at radius 2 is 2.00 bits per heavy atom. The molecule has 0 aromatic carbocycles. The van der Waals surface area contributed by atoms with Crippen molar-refractivity contribution >= 4 is 17.8 Å². The van der Waals surface area contributed by atoms with E-state index in [1.807, 2.05) is 0 Å². The Balaban J connectivity index is 3.76. The van der Waals surface area contributed by atoms with Gasteiger partial charge in [-0.25, -0.2) is 9.59 Å². The zero-order chi connectivity index (χ0) is 9.56. The molecule has 0 rings (SSSR count). The van der Waals surface area contributed by atoms with E-state index in [1.165, 1.54) is 6.08 Å². The lowest BCUT2D eigenvalue weighted by Gasteiger charge is -1.98. The summed E-state index contributed by atoms with van der Waals surface area (Å²) in [7, 11) is 0. The van der Waals surface area contributed by atoms with E-state index in [1.54, 1.807) is 12.4 Å². The maximum atomic E-state index is 10.5. The highest BCUT2D eigenvalue weighted by Gasteiger charge is 2.13. The van der Waals surface area contributed by atoms with Gasteiger partial charge in [0.15, 0.2) is 0 Å². The van der Waals surface area contributed by atoms with Gasteiger partial charge >= 0.3 is 11.9 Å². The van der Waals surface area contributed by atoms with E-state index < -0.39 is 17.8 Å². The average molecular weight is 173 g/mol. The van der Waals surface area contributed by atoms with Gasteiger partial charge in [0.2, 0.25) is 0 Å². The highest BCUT2D eigenvalue weighted by Crippen LogP contribution is 1.76. The fraction of sp³-hybridized carbons (Fsp3) is 0.167. The van der Waals surface area contributed by atoms with E-state index in [9.17, 15) is 14.4 Å². The van der Waals surface area contributed by atoms with Gasteiger partial charge in [0.25, 0.3) is 5.91 Å². The first-order valence-electron chi connectivity index (χ1n) is 2.94. The molecule has 0 heterocycles. The summed E-state index contributed by atoms with van der Waals surface area (Å²) in [4.78, 5) is 34.3. The molecule has 0 bridgehead atoms. The number of aliphatic carboxylic acids is 1. The van der Waals surface area contributed by atoms with Gasteiger partial charge in [-0.15, -0.1) is 0 Å². The number of carboxylic acid groups (broad SMARTS) is 1. The minimum Gasteiger partial charge on any atom is -0.473 e. The zero-order valence-electron chi connectivity index (χ0n) is 6.23. The van der Waals surface area contributed by atoms with E-state index in [-0.39, 0.29) is 0 Å². The van der Waals surface area contributed by atoms with Crippen molar-refractivity contribution in [2.24, 2.45) is 0 Å². The van der Waals surface area contributed by atoms with Crippen LogP contribution in [0.4, 0.5) is 0 Å². The molecule has 0 saturated carbocycles. The van der Waals surface area contributed by atoms with E-state index in [4.69, 9.17) is 5.11 Å². The van der Waals surface area contributed by atoms with Crippen LogP contribution >= 0.6 is 0 Å². The van der Waals surface area contributed by atoms with Crippen LogP contribution in [0.1, 0.15) is 6.92 Å². The Bertz CT molecular complexity index is 232. The lowest BCUT2D eigenvalue weighted by atomic mass is 10.5. The van der Waals surface area contributed by atoms with E-state index in [2.05, 4.69) is 4.84 Å². The van der Waals surface area contributed by atoms with Crippen molar-refractivity contribution in [3.05, 3.63) is 12.2 Å². The molecule has 0 saturated heterocycles. The lowest BCUT2D eigenvalue weighted by molar-refractivity contribution is -0.170. The summed E-state index contributed by atoms with van der Waals surface area (Å²) in [5, 5.41) is 7.98. The average Bonchev–Trinajstić information content (AvgIpc) is 2.00. The summed E-state index contributed by atoms with van der Waals surface area (Å²) in [5.74, 6) is -4.00. The number of nitrogens with one attached hydrogen (secondary N) is 1. The van der Waals surface area contributed by atoms with Gasteiger partial charge in [0, 0.05) is 6.08 Å². The molecule has 0 aliphatic heterocycles. The molecule has 6 nitrogen and oxygen atoms in total. The van der Waals surface area contributed by atoms with E-state index in [0.29, 0.717) is 0 Å². The Morgan fingerprint density at radius 1 is 1.42 bits per heavy atom. The van der Waals surface area contributed by atoms with Gasteiger partial charge in [0.1, 0.15) is 0 Å². The largest absolute Gasteiger partial charge is 0.473 e. The first-order chi connectivity index (χ1) is 5.57. The van der Waals surface area contributed by atoms with Crippen molar-refractivity contribution in [2.75, 3.05) is 0 Å². The normalized spacial score (nSPS) is 9.42. The molecule has 0 atom stereocenters. The summed E-state index contributed by atoms with van der Waals surface area (Å²) in [6, 6.07) is 0. The van der Waals surface area contributed by atoms with Crippen molar-refractivity contribution < 1.29 is 24.3 Å². The zero-order valence-corrected chi connectivity index (χ0v) is 6.23. The van der Waals surface area contributed by atoms with Crippen LogP contribution in [0.5, 0.6) is 0 Å². The molecule has 0 spiro atoms. The highest BCUT2D eigenvalue weighted by molar-refractivity contribution is 6.28. The predicted octanol–water partition coefficient (Wildman–Crippen LogP) is -0.778. The van der Waals surface area contributed by atoms with Crippen molar-refractivity contribution in [2.45, 2.75) is 6.92 Å². The van der Waals surface area contributed by atoms with Gasteiger partial charge in [-0.1, -0.05) is 6.08 Å². The van der Waals surface area contributed by atoms with Crippen molar-refractivity contribution in [1.82, 2.24) is 5.48 Å². The quantitative estimate of drug-likeness (QED) is 0.308. The molecule has 12 heavy (non-hydrogen) atoms. The molecule has 0 aliphatic carbocycles. The van der Waals surface area contributed by atoms with Crippen LogP contribution in [0.15, 0.2) is 12.2 Å². The number of carbonyl (C=O) groups is 3. The molecule has 0 aromatic rings. The molecule has 0 fully saturated rings. The van der Waals surface area contributed by atoms with Gasteiger partial charge in [-0.3, -0.25) is 4.79 Å². The number of amides is 1. The standard InChI is InChI=1S/C6H7NO5/c1-2-3-4(8)7-12-6(11)5(9)10/h2-3H,1H3,(H,7,8)(H,9,10). The molecule has 0 unspecified atom stereocenters. The monoisotopic (exact) mass is 173 g/mol. The number of hydroxylamine groups is 1. The van der Waals surface area contributed by atoms with Crippen molar-refractivity contribution in [3.8, 4) is 0 Å². The maximum Gasteiger partial charge on any atom is 0.441 e. The topological polar surface area (TPSA) is 92.7 Å². The Hall–Kier alpha value is -1.85. The third-order valence-corrected chi connectivity index (χ3v) is 0.737. The van der Waals surface area contributed by atoms with Crippen LogP contribution < -0.4 is 5.48 Å². The number of hydrogen-bond acceptors (Lipinski definition) is 4. The smallest absolute Gasteiger partial charge is 0.441 e. The van der Waals surface area contributed by atoms with Gasteiger partial charge in [-0.05, 0) is 6.92 Å². The number of rotatable bonds is 1. The fourth-order valence-electron chi connectivity index (χ4n) is 0.326. The second kappa shape index (κ2) is 4.89. The lowest BCUT2D eigenvalue weighted by Crippen LogP contribution is -2.29. The number of carboxylic acids is 1. The second-order valence-electron chi connectivity index (χ2n) is 1.66. The molecule has 66 valence electrons. The molecular formula is C6H7NO5. The molecule has 0 aliphatic rings. The van der Waals surface area contributed by atoms with Crippen LogP contribution in [0.2, 0.25) is 0 Å². The van der Waals surface area contributed by atoms with E-state index >= 15 is 0 Å². The number of carbonyl (C=O) groups excluding carboxylic acids is 2. The molecule has 0 aromatic heterocycles. The van der Waals surface area contributed by atoms with Crippen LogP contribution in [0.3, 0.4) is 0 Å². The first kappa shape index (κ1) is 10.2. The van der Waals surface area contributed by atoms with Gasteiger partial charge < -0.3 is 9.94 Å². The van der Waals surface area contributed by atoms with Gasteiger partial charge in [0.05, 0.1) is 0 Å². The summed E-state index contributed by atoms with van der Waals surface area (Å²) in [6.45, 7) is 1.58. The number of hydrogen-bond donors (Lipinski definition) is 2. The second-order valence-corrected chi connectivity index (χ2v) is 1.66. The summed E-state index contributed by atoms with van der Waals surface area (Å²) < 4.78 is 0. The molecule has 1 amide bonds. The number of allylic oxidation sites excluding steroid dienone is 1. The van der Waals surface area contributed by atoms with E-state index in [0.717, 1.165) is 6.08 Å². The SMILES string of the molecule is CC=CC(=O)NOC(=O)C(=O)O. The fourth-order valence-corrected chi connectivity index (χ4v) is 0.326. The highest BCUT2D eigenvalue weighted by atomic mass is 16.7. The molecule has 6 heteroatoms. The first-order valence-corrected chi connectivity index (χ1v) is 2.94. The van der Waals surface area contributed by atoms with Crippen LogP contribution in [-0.4, -0.2) is 23.0 Å². The Labute approximate surface area is 67.8 Å². The maximum absolute atomic E-state index is 10.5. The van der Waals surface area contributed by atoms with Crippen LogP contribution in [0.25, 0.3) is 0 Å². The van der Waals surface area contributed by atoms with Crippen molar-refractivity contribution in [1.29, 1.82) is 0 Å². The predicted molar refractivity (Wildman–Crippen MR) is 36.7 cm³/mol. The summed E-state index contributed by atoms with van der Waals surface area (Å²) in [5.41, 5.74) is 1.61. The summed E-state index contributed by atoms with van der Waals surface area (Å²) in [6.07, 6.45) is 2.49. The summed E-state index contributed by atoms with van der Waals surface area (Å²) >= 11 is 0. The molecule has 2 N–H and O–H groups in total. The molecular weight excluding hydrogens is 166 g/mol. The van der Waals surface area contributed by atoms with Crippen LogP contribution in [-0.2, 0) is 19.2 Å².